The van der Waals surface area contributed by atoms with Gasteiger partial charge in [-0.15, -0.1) is 22.7 Å². The van der Waals surface area contributed by atoms with Crippen molar-refractivity contribution in [3.8, 4) is 0 Å². The van der Waals surface area contributed by atoms with Gasteiger partial charge in [0, 0.05) is 20.2 Å². The van der Waals surface area contributed by atoms with Gasteiger partial charge in [-0.1, -0.05) is 0 Å². The second-order valence-corrected chi connectivity index (χ2v) is 8.34. The highest BCUT2D eigenvalue weighted by molar-refractivity contribution is 7.17. The fraction of sp³-hybridized carbons (Fsp3) is 0.200. The van der Waals surface area contributed by atoms with Gasteiger partial charge in [0.2, 0.25) is 0 Å². The Morgan fingerprint density at radius 3 is 1.45 bits per heavy atom. The van der Waals surface area contributed by atoms with E-state index in [0.29, 0.717) is 20.5 Å². The van der Waals surface area contributed by atoms with Crippen molar-refractivity contribution in [2.24, 2.45) is 0 Å². The highest BCUT2D eigenvalue weighted by Crippen LogP contribution is 2.39. The number of alkyl halides is 6. The Labute approximate surface area is 169 Å². The zero-order valence-corrected chi connectivity index (χ0v) is 16.2. The molecule has 0 atom stereocenters. The van der Waals surface area contributed by atoms with E-state index in [9.17, 15) is 26.3 Å². The molecular formula is C20H12F6OS2. The summed E-state index contributed by atoms with van der Waals surface area (Å²) in [6, 6.07) is 8.11. The summed E-state index contributed by atoms with van der Waals surface area (Å²) in [5, 5.41) is 3.42. The van der Waals surface area contributed by atoms with Gasteiger partial charge in [-0.2, -0.15) is 26.3 Å². The monoisotopic (exact) mass is 446 g/mol. The maximum absolute atomic E-state index is 13.3. The molecule has 0 spiro atoms. The summed E-state index contributed by atoms with van der Waals surface area (Å²) in [5.41, 5.74) is -0.843. The summed E-state index contributed by atoms with van der Waals surface area (Å²) >= 11 is 2.38. The third-order valence-electron chi connectivity index (χ3n) is 4.41. The van der Waals surface area contributed by atoms with E-state index >= 15 is 0 Å². The minimum absolute atomic E-state index is 0.129. The molecule has 0 radical (unpaired) electrons. The van der Waals surface area contributed by atoms with Gasteiger partial charge in [0.1, 0.15) is 0 Å². The van der Waals surface area contributed by atoms with Gasteiger partial charge in [-0.05, 0) is 58.3 Å². The minimum Gasteiger partial charge on any atom is -0.372 e. The number of fused-ring (bicyclic) bond motifs is 2. The van der Waals surface area contributed by atoms with Gasteiger partial charge in [-0.25, -0.2) is 0 Å². The molecule has 29 heavy (non-hydrogen) atoms. The summed E-state index contributed by atoms with van der Waals surface area (Å²) in [7, 11) is 0. The highest BCUT2D eigenvalue weighted by atomic mass is 32.1. The molecule has 2 aromatic carbocycles. The van der Waals surface area contributed by atoms with Crippen molar-refractivity contribution in [3.63, 3.8) is 0 Å². The van der Waals surface area contributed by atoms with Crippen LogP contribution in [0.5, 0.6) is 0 Å². The summed E-state index contributed by atoms with van der Waals surface area (Å²) in [4.78, 5) is 0. The molecule has 4 aromatic rings. The molecule has 0 amide bonds. The van der Waals surface area contributed by atoms with Crippen LogP contribution in [0.1, 0.15) is 22.3 Å². The number of rotatable bonds is 4. The minimum atomic E-state index is -4.50. The second kappa shape index (κ2) is 7.30. The molecule has 0 unspecified atom stereocenters. The van der Waals surface area contributed by atoms with Gasteiger partial charge in [0.05, 0.1) is 24.3 Å². The zero-order chi connectivity index (χ0) is 20.8. The molecule has 2 heterocycles. The van der Waals surface area contributed by atoms with E-state index < -0.39 is 23.5 Å². The van der Waals surface area contributed by atoms with Crippen LogP contribution in [0.4, 0.5) is 26.3 Å². The lowest BCUT2D eigenvalue weighted by atomic mass is 10.1. The Balaban J connectivity index is 1.57. The molecule has 0 fully saturated rings. The summed E-state index contributed by atoms with van der Waals surface area (Å²) in [6.45, 7) is -0.276. The molecular weight excluding hydrogens is 434 g/mol. The van der Waals surface area contributed by atoms with Crippen LogP contribution in [0.15, 0.2) is 47.2 Å². The lowest BCUT2D eigenvalue weighted by Crippen LogP contribution is -2.07. The Hall–Kier alpha value is -2.10. The van der Waals surface area contributed by atoms with Gasteiger partial charge < -0.3 is 4.74 Å². The van der Waals surface area contributed by atoms with Crippen LogP contribution in [0.3, 0.4) is 0 Å². The van der Waals surface area contributed by atoms with E-state index in [1.54, 1.807) is 22.9 Å². The second-order valence-electron chi connectivity index (χ2n) is 6.44. The third kappa shape index (κ3) is 4.12. The largest absolute Gasteiger partial charge is 0.417 e. The number of thiophene rings is 2. The molecule has 4 rings (SSSR count). The van der Waals surface area contributed by atoms with E-state index in [0.717, 1.165) is 12.1 Å². The van der Waals surface area contributed by atoms with Crippen LogP contribution in [-0.4, -0.2) is 0 Å². The van der Waals surface area contributed by atoms with E-state index in [1.807, 2.05) is 0 Å². The smallest absolute Gasteiger partial charge is 0.372 e. The third-order valence-corrected chi connectivity index (χ3v) is 6.14. The molecule has 9 heteroatoms. The Kier molecular flexibility index (Phi) is 5.08. The van der Waals surface area contributed by atoms with Crippen molar-refractivity contribution in [2.45, 2.75) is 25.6 Å². The van der Waals surface area contributed by atoms with Gasteiger partial charge >= 0.3 is 12.4 Å². The van der Waals surface area contributed by atoms with Crippen molar-refractivity contribution in [3.05, 3.63) is 69.4 Å². The average molecular weight is 446 g/mol. The first-order valence-corrected chi connectivity index (χ1v) is 10.1. The number of hydrogen-bond donors (Lipinski definition) is 0. The SMILES string of the molecule is FC(F)(F)c1cc(COCc2cc(C(F)(F)F)c3ccsc3c2)cc2sccc12. The van der Waals surface area contributed by atoms with Crippen LogP contribution < -0.4 is 0 Å². The molecule has 0 bridgehead atoms. The highest BCUT2D eigenvalue weighted by Gasteiger charge is 2.34. The average Bonchev–Trinajstić information content (AvgIpc) is 3.27. The van der Waals surface area contributed by atoms with Crippen molar-refractivity contribution < 1.29 is 31.1 Å². The molecule has 152 valence electrons. The van der Waals surface area contributed by atoms with Gasteiger partial charge in [0.15, 0.2) is 0 Å². The number of hydrogen-bond acceptors (Lipinski definition) is 3. The Bertz CT molecular complexity index is 1080. The Morgan fingerprint density at radius 2 is 1.07 bits per heavy atom. The number of halogens is 6. The molecule has 0 saturated heterocycles. The van der Waals surface area contributed by atoms with Crippen molar-refractivity contribution >= 4 is 42.8 Å². The lowest BCUT2D eigenvalue weighted by molar-refractivity contribution is -0.137. The fourth-order valence-corrected chi connectivity index (χ4v) is 4.93. The van der Waals surface area contributed by atoms with Crippen LogP contribution in [0.2, 0.25) is 0 Å². The Morgan fingerprint density at radius 1 is 0.655 bits per heavy atom. The lowest BCUT2D eigenvalue weighted by Gasteiger charge is -2.13. The standard InChI is InChI=1S/C20H12F6OS2/c21-19(22,23)15-5-11(7-17-13(15)1-3-28-17)9-27-10-12-6-16(20(24,25)26)14-2-4-29-18(14)8-12/h1-8H,9-10H2. The van der Waals surface area contributed by atoms with Gasteiger partial charge in [-0.3, -0.25) is 0 Å². The predicted molar refractivity (Wildman–Crippen MR) is 102 cm³/mol. The first kappa shape index (κ1) is 20.2. The molecule has 2 aromatic heterocycles. The molecule has 0 aliphatic carbocycles. The summed E-state index contributed by atoms with van der Waals surface area (Å²) in [6.07, 6.45) is -9.00. The van der Waals surface area contributed by atoms with Crippen LogP contribution in [0.25, 0.3) is 20.2 Å². The normalized spacial score (nSPS) is 12.9. The van der Waals surface area contributed by atoms with Crippen LogP contribution in [-0.2, 0) is 30.3 Å². The maximum atomic E-state index is 13.3. The van der Waals surface area contributed by atoms with Crippen LogP contribution in [0, 0.1) is 0 Å². The molecule has 0 saturated carbocycles. The van der Waals surface area contributed by atoms with Gasteiger partial charge in [0.25, 0.3) is 0 Å². The van der Waals surface area contributed by atoms with Crippen molar-refractivity contribution in [1.82, 2.24) is 0 Å². The van der Waals surface area contributed by atoms with E-state index in [1.165, 1.54) is 34.8 Å². The van der Waals surface area contributed by atoms with Crippen LogP contribution >= 0.6 is 22.7 Å². The zero-order valence-electron chi connectivity index (χ0n) is 14.5. The van der Waals surface area contributed by atoms with Crippen molar-refractivity contribution in [1.29, 1.82) is 0 Å². The molecule has 0 N–H and O–H groups in total. The first-order chi connectivity index (χ1) is 13.6. The fourth-order valence-electron chi connectivity index (χ4n) is 3.18. The summed E-state index contributed by atoms with van der Waals surface area (Å²) < 4.78 is 86.2. The first-order valence-electron chi connectivity index (χ1n) is 8.35. The van der Waals surface area contributed by atoms with Crippen molar-refractivity contribution in [2.75, 3.05) is 0 Å². The van der Waals surface area contributed by atoms with E-state index in [2.05, 4.69) is 0 Å². The van der Waals surface area contributed by atoms with E-state index in [-0.39, 0.29) is 24.0 Å². The molecule has 1 nitrogen and oxygen atoms in total. The quantitative estimate of drug-likeness (QED) is 0.290. The summed E-state index contributed by atoms with van der Waals surface area (Å²) in [5.74, 6) is 0. The number of benzene rings is 2. The number of ether oxygens (including phenoxy) is 1. The molecule has 0 aliphatic rings. The topological polar surface area (TPSA) is 9.23 Å². The predicted octanol–water partition coefficient (Wildman–Crippen LogP) is 7.87. The molecule has 0 aliphatic heterocycles. The maximum Gasteiger partial charge on any atom is 0.417 e. The van der Waals surface area contributed by atoms with E-state index in [4.69, 9.17) is 4.74 Å².